The summed E-state index contributed by atoms with van der Waals surface area (Å²) in [6.07, 6.45) is 2.20. The van der Waals surface area contributed by atoms with Crippen LogP contribution in [0.1, 0.15) is 54.2 Å². The van der Waals surface area contributed by atoms with E-state index in [0.29, 0.717) is 17.6 Å². The van der Waals surface area contributed by atoms with E-state index in [4.69, 9.17) is 25.5 Å². The molecule has 0 aliphatic carbocycles. The molecule has 3 heterocycles. The normalized spacial score (nSPS) is 23.8. The monoisotopic (exact) mass is 426 g/mol. The minimum Gasteiger partial charge on any atom is -0.458 e. The van der Waals surface area contributed by atoms with Crippen molar-refractivity contribution in [2.45, 2.75) is 77.0 Å². The van der Waals surface area contributed by atoms with E-state index < -0.39 is 27.7 Å². The summed E-state index contributed by atoms with van der Waals surface area (Å²) >= 11 is 6.11. The van der Waals surface area contributed by atoms with Crippen LogP contribution in [0.25, 0.3) is 11.2 Å². The van der Waals surface area contributed by atoms with Crippen LogP contribution in [0.4, 0.5) is 0 Å². The Labute approximate surface area is 171 Å². The largest absolute Gasteiger partial charge is 0.458 e. The van der Waals surface area contributed by atoms with E-state index in [1.54, 1.807) is 10.9 Å². The van der Waals surface area contributed by atoms with Crippen LogP contribution in [0, 0.1) is 0 Å². The van der Waals surface area contributed by atoms with E-state index >= 15 is 0 Å². The van der Waals surface area contributed by atoms with Crippen LogP contribution in [0.2, 0.25) is 10.2 Å². The summed E-state index contributed by atoms with van der Waals surface area (Å²) in [5.41, 5.74) is 0.509. The first-order chi connectivity index (χ1) is 13.0. The van der Waals surface area contributed by atoms with Gasteiger partial charge in [-0.3, -0.25) is 9.36 Å². The second kappa shape index (κ2) is 7.70. The van der Waals surface area contributed by atoms with Crippen LogP contribution in [-0.2, 0) is 18.7 Å². The minimum absolute atomic E-state index is 0.165. The molecule has 0 spiro atoms. The second-order valence-corrected chi connectivity index (χ2v) is 11.9. The SMILES string of the molecule is CC(=O)O[C@H]1C[C@H](C(C)(C)O[SiH2]C(C)(C)C)O[C@H]1n1cnc2c(Cl)ncnc21. The van der Waals surface area contributed by atoms with Gasteiger partial charge in [-0.25, -0.2) is 15.0 Å². The third kappa shape index (κ3) is 4.53. The van der Waals surface area contributed by atoms with E-state index in [9.17, 15) is 4.79 Å². The van der Waals surface area contributed by atoms with Crippen LogP contribution in [-0.4, -0.2) is 53.1 Å². The smallest absolute Gasteiger partial charge is 0.303 e. The zero-order valence-electron chi connectivity index (χ0n) is 17.1. The number of carbonyl (C=O) groups excluding carboxylic acids is 1. The minimum atomic E-state index is -0.780. The summed E-state index contributed by atoms with van der Waals surface area (Å²) in [5.74, 6) is -0.362. The molecule has 0 bridgehead atoms. The average Bonchev–Trinajstić information content (AvgIpc) is 3.17. The summed E-state index contributed by atoms with van der Waals surface area (Å²) in [6.45, 7) is 12.0. The van der Waals surface area contributed by atoms with Gasteiger partial charge in [0.1, 0.15) is 17.9 Å². The van der Waals surface area contributed by atoms with E-state index in [2.05, 4.69) is 35.7 Å². The summed E-state index contributed by atoms with van der Waals surface area (Å²) in [5, 5.41) is 0.431. The Balaban J connectivity index is 1.89. The molecule has 0 saturated carbocycles. The molecule has 0 radical (unpaired) electrons. The van der Waals surface area contributed by atoms with Crippen molar-refractivity contribution in [1.29, 1.82) is 0 Å². The summed E-state index contributed by atoms with van der Waals surface area (Å²) in [4.78, 5) is 24.2. The Kier molecular flexibility index (Phi) is 5.82. The molecular weight excluding hydrogens is 400 g/mol. The number of rotatable bonds is 5. The fourth-order valence-electron chi connectivity index (χ4n) is 3.16. The lowest BCUT2D eigenvalue weighted by Crippen LogP contribution is -2.41. The molecule has 1 fully saturated rings. The zero-order chi connectivity index (χ0) is 20.7. The van der Waals surface area contributed by atoms with Crippen LogP contribution in [0.3, 0.4) is 0 Å². The zero-order valence-corrected chi connectivity index (χ0v) is 19.3. The second-order valence-electron chi connectivity index (χ2n) is 8.84. The molecule has 0 unspecified atom stereocenters. The highest BCUT2D eigenvalue weighted by Crippen LogP contribution is 2.39. The Hall–Kier alpha value is -1.55. The average molecular weight is 427 g/mol. The molecule has 1 aliphatic rings. The molecule has 28 heavy (non-hydrogen) atoms. The quantitative estimate of drug-likeness (QED) is 0.412. The van der Waals surface area contributed by atoms with Crippen LogP contribution in [0.15, 0.2) is 12.7 Å². The maximum Gasteiger partial charge on any atom is 0.303 e. The first-order valence-corrected chi connectivity index (χ1v) is 10.9. The van der Waals surface area contributed by atoms with Gasteiger partial charge >= 0.3 is 5.97 Å². The van der Waals surface area contributed by atoms with Crippen molar-refractivity contribution in [3.8, 4) is 0 Å². The molecular formula is C18H27ClN4O4Si. The van der Waals surface area contributed by atoms with Crippen molar-refractivity contribution in [3.05, 3.63) is 17.8 Å². The van der Waals surface area contributed by atoms with Gasteiger partial charge in [-0.05, 0) is 18.9 Å². The standard InChI is InChI=1S/C18H27ClN4O4Si/c1-10(24)25-11-7-12(18(5,6)27-28-17(2,3)4)26-16(11)23-9-22-13-14(19)20-8-21-15(13)23/h8-9,11-12,16H,7,28H2,1-6H3/t11-,12+,16+/m0/s1. The number of nitrogens with zero attached hydrogens (tertiary/aromatic N) is 4. The molecule has 3 rings (SSSR count). The molecule has 0 aromatic carbocycles. The number of esters is 1. The van der Waals surface area contributed by atoms with Crippen molar-refractivity contribution < 1.29 is 18.7 Å². The number of ether oxygens (including phenoxy) is 2. The number of halogens is 1. The highest BCUT2D eigenvalue weighted by molar-refractivity contribution is 6.33. The van der Waals surface area contributed by atoms with Gasteiger partial charge in [-0.2, -0.15) is 0 Å². The number of imidazole rings is 1. The molecule has 1 saturated heterocycles. The van der Waals surface area contributed by atoms with Crippen LogP contribution < -0.4 is 0 Å². The van der Waals surface area contributed by atoms with Gasteiger partial charge < -0.3 is 13.9 Å². The summed E-state index contributed by atoms with van der Waals surface area (Å²) in [7, 11) is -0.780. The van der Waals surface area contributed by atoms with Gasteiger partial charge in [0.25, 0.3) is 0 Å². The number of hydrogen-bond acceptors (Lipinski definition) is 7. The lowest BCUT2D eigenvalue weighted by atomic mass is 9.98. The van der Waals surface area contributed by atoms with Crippen LogP contribution >= 0.6 is 11.6 Å². The van der Waals surface area contributed by atoms with Gasteiger partial charge in [0.2, 0.25) is 0 Å². The fourth-order valence-corrected chi connectivity index (χ4v) is 4.32. The Morgan fingerprint density at radius 3 is 2.64 bits per heavy atom. The number of fused-ring (bicyclic) bond motifs is 1. The molecule has 1 aliphatic heterocycles. The molecule has 8 nitrogen and oxygen atoms in total. The van der Waals surface area contributed by atoms with Crippen molar-refractivity contribution >= 4 is 38.5 Å². The lowest BCUT2D eigenvalue weighted by Gasteiger charge is -2.34. The molecule has 2 aromatic heterocycles. The van der Waals surface area contributed by atoms with Crippen molar-refractivity contribution in [2.75, 3.05) is 0 Å². The van der Waals surface area contributed by atoms with Gasteiger partial charge in [0, 0.05) is 13.3 Å². The van der Waals surface area contributed by atoms with Crippen molar-refractivity contribution in [1.82, 2.24) is 19.5 Å². The maximum atomic E-state index is 11.7. The molecule has 3 atom stereocenters. The lowest BCUT2D eigenvalue weighted by molar-refractivity contribution is -0.153. The fraction of sp³-hybridized carbons (Fsp3) is 0.667. The Morgan fingerprint density at radius 2 is 2.00 bits per heavy atom. The van der Waals surface area contributed by atoms with E-state index in [-0.39, 0.29) is 22.3 Å². The Morgan fingerprint density at radius 1 is 1.29 bits per heavy atom. The molecule has 154 valence electrons. The summed E-state index contributed by atoms with van der Waals surface area (Å²) in [6, 6.07) is 0. The summed E-state index contributed by atoms with van der Waals surface area (Å²) < 4.78 is 20.0. The first-order valence-electron chi connectivity index (χ1n) is 9.27. The van der Waals surface area contributed by atoms with Crippen LogP contribution in [0.5, 0.6) is 0 Å². The molecule has 0 N–H and O–H groups in total. The predicted octanol–water partition coefficient (Wildman–Crippen LogP) is 2.80. The molecule has 0 amide bonds. The number of aromatic nitrogens is 4. The molecule has 2 aromatic rings. The topological polar surface area (TPSA) is 88.4 Å². The third-order valence-corrected chi connectivity index (χ3v) is 6.66. The number of hydrogen-bond donors (Lipinski definition) is 0. The van der Waals surface area contributed by atoms with E-state index in [1.165, 1.54) is 13.3 Å². The first kappa shape index (κ1) is 21.2. The van der Waals surface area contributed by atoms with Gasteiger partial charge in [-0.15, -0.1) is 0 Å². The van der Waals surface area contributed by atoms with Gasteiger partial charge in [-0.1, -0.05) is 32.4 Å². The van der Waals surface area contributed by atoms with Crippen molar-refractivity contribution in [2.24, 2.45) is 0 Å². The molecule has 10 heteroatoms. The Bertz CT molecular complexity index is 867. The van der Waals surface area contributed by atoms with Crippen molar-refractivity contribution in [3.63, 3.8) is 0 Å². The van der Waals surface area contributed by atoms with E-state index in [1.807, 2.05) is 13.8 Å². The highest BCUT2D eigenvalue weighted by Gasteiger charge is 2.46. The third-order valence-electron chi connectivity index (χ3n) is 4.63. The maximum absolute atomic E-state index is 11.7. The highest BCUT2D eigenvalue weighted by atomic mass is 35.5. The van der Waals surface area contributed by atoms with Gasteiger partial charge in [0.15, 0.2) is 26.8 Å². The number of carbonyl (C=O) groups is 1. The van der Waals surface area contributed by atoms with E-state index in [0.717, 1.165) is 0 Å². The predicted molar refractivity (Wildman–Crippen MR) is 108 cm³/mol. The van der Waals surface area contributed by atoms with Gasteiger partial charge in [0.05, 0.1) is 18.0 Å².